The summed E-state index contributed by atoms with van der Waals surface area (Å²) in [7, 11) is 0. The van der Waals surface area contributed by atoms with Gasteiger partial charge in [-0.3, -0.25) is 9.59 Å². The second kappa shape index (κ2) is 7.54. The van der Waals surface area contributed by atoms with E-state index < -0.39 is 0 Å². The number of carbonyl (C=O) groups excluding carboxylic acids is 2. The maximum Gasteiger partial charge on any atom is 0.245 e. The lowest BCUT2D eigenvalue weighted by atomic mass is 9.81. The van der Waals surface area contributed by atoms with Gasteiger partial charge < -0.3 is 0 Å². The molecule has 30 heavy (non-hydrogen) atoms. The van der Waals surface area contributed by atoms with Gasteiger partial charge in [-0.05, 0) is 23.6 Å². The van der Waals surface area contributed by atoms with Crippen LogP contribution in [-0.2, 0) is 9.59 Å². The SMILES string of the molecule is Cc1cccc([C@H]2[C@@H](c3ccccc3)CC(=O)N3C(=O)C[C@@H](c4ccccc4)N23)c1. The van der Waals surface area contributed by atoms with Crippen LogP contribution in [-0.4, -0.2) is 21.8 Å². The van der Waals surface area contributed by atoms with E-state index in [2.05, 4.69) is 48.3 Å². The lowest BCUT2D eigenvalue weighted by Crippen LogP contribution is -2.52. The van der Waals surface area contributed by atoms with Gasteiger partial charge in [0.25, 0.3) is 0 Å². The molecule has 0 aliphatic carbocycles. The highest BCUT2D eigenvalue weighted by Gasteiger charge is 2.52. The van der Waals surface area contributed by atoms with Crippen molar-refractivity contribution in [2.75, 3.05) is 0 Å². The Kier molecular flexibility index (Phi) is 4.72. The first-order valence-electron chi connectivity index (χ1n) is 10.4. The average molecular weight is 396 g/mol. The van der Waals surface area contributed by atoms with Crippen LogP contribution in [0.4, 0.5) is 0 Å². The molecular weight excluding hydrogens is 372 g/mol. The number of hydrazine groups is 1. The third-order valence-electron chi connectivity index (χ3n) is 6.25. The van der Waals surface area contributed by atoms with E-state index in [9.17, 15) is 9.59 Å². The van der Waals surface area contributed by atoms with Crippen LogP contribution in [0.3, 0.4) is 0 Å². The minimum absolute atomic E-state index is 0.0196. The molecule has 3 aromatic rings. The first-order valence-corrected chi connectivity index (χ1v) is 10.4. The summed E-state index contributed by atoms with van der Waals surface area (Å²) in [4.78, 5) is 26.1. The van der Waals surface area contributed by atoms with Crippen molar-refractivity contribution in [3.05, 3.63) is 107 Å². The second-order valence-corrected chi connectivity index (χ2v) is 8.19. The lowest BCUT2D eigenvalue weighted by Gasteiger charge is -2.46. The molecule has 0 radical (unpaired) electrons. The summed E-state index contributed by atoms with van der Waals surface area (Å²) in [6.45, 7) is 2.08. The fourth-order valence-electron chi connectivity index (χ4n) is 4.96. The number of rotatable bonds is 3. The van der Waals surface area contributed by atoms with Gasteiger partial charge in [0.05, 0.1) is 18.5 Å². The zero-order chi connectivity index (χ0) is 20.7. The predicted molar refractivity (Wildman–Crippen MR) is 115 cm³/mol. The van der Waals surface area contributed by atoms with Crippen molar-refractivity contribution in [2.45, 2.75) is 37.8 Å². The summed E-state index contributed by atoms with van der Waals surface area (Å²) < 4.78 is 0. The summed E-state index contributed by atoms with van der Waals surface area (Å²) in [6, 6.07) is 28.4. The summed E-state index contributed by atoms with van der Waals surface area (Å²) in [6.07, 6.45) is 0.645. The standard InChI is InChI=1S/C26H24N2O2/c1-18-9-8-14-21(15-18)26-22(19-10-4-2-5-11-19)16-24(29)28-25(30)17-23(27(26)28)20-12-6-3-7-13-20/h2-15,22-23,26H,16-17H2,1H3/t22-,23+,26+/m1/s1. The number of aryl methyl sites for hydroxylation is 1. The molecule has 0 saturated carbocycles. The average Bonchev–Trinajstić information content (AvgIpc) is 3.12. The molecule has 3 aromatic carbocycles. The maximum absolute atomic E-state index is 13.2. The molecule has 0 bridgehead atoms. The molecule has 2 saturated heterocycles. The molecule has 2 fully saturated rings. The normalized spacial score (nSPS) is 24.2. The Morgan fingerprint density at radius 3 is 1.97 bits per heavy atom. The van der Waals surface area contributed by atoms with Crippen LogP contribution in [0.5, 0.6) is 0 Å². The highest BCUT2D eigenvalue weighted by molar-refractivity contribution is 5.97. The number of imide groups is 1. The summed E-state index contributed by atoms with van der Waals surface area (Å²) in [5.41, 5.74) is 4.50. The fourth-order valence-corrected chi connectivity index (χ4v) is 4.96. The highest BCUT2D eigenvalue weighted by atomic mass is 16.2. The van der Waals surface area contributed by atoms with Gasteiger partial charge in [-0.15, -0.1) is 0 Å². The smallest absolute Gasteiger partial charge is 0.245 e. The first-order chi connectivity index (χ1) is 14.6. The van der Waals surface area contributed by atoms with Gasteiger partial charge in [0, 0.05) is 12.3 Å². The van der Waals surface area contributed by atoms with Crippen LogP contribution in [0.2, 0.25) is 0 Å². The molecule has 150 valence electrons. The molecule has 2 amide bonds. The van der Waals surface area contributed by atoms with Crippen molar-refractivity contribution in [3.8, 4) is 0 Å². The quantitative estimate of drug-likeness (QED) is 0.589. The van der Waals surface area contributed by atoms with Crippen LogP contribution < -0.4 is 0 Å². The molecule has 2 heterocycles. The molecule has 4 nitrogen and oxygen atoms in total. The fraction of sp³-hybridized carbons (Fsp3) is 0.231. The van der Waals surface area contributed by atoms with Crippen molar-refractivity contribution >= 4 is 11.8 Å². The van der Waals surface area contributed by atoms with E-state index in [0.29, 0.717) is 12.8 Å². The van der Waals surface area contributed by atoms with Gasteiger partial charge >= 0.3 is 0 Å². The van der Waals surface area contributed by atoms with Gasteiger partial charge in [0.2, 0.25) is 11.8 Å². The van der Waals surface area contributed by atoms with E-state index in [0.717, 1.165) is 16.7 Å². The number of hydrogen-bond acceptors (Lipinski definition) is 3. The minimum Gasteiger partial charge on any atom is -0.273 e. The van der Waals surface area contributed by atoms with E-state index in [-0.39, 0.29) is 29.8 Å². The molecule has 2 aliphatic rings. The van der Waals surface area contributed by atoms with Crippen LogP contribution in [0, 0.1) is 6.92 Å². The number of nitrogens with zero attached hydrogens (tertiary/aromatic N) is 2. The summed E-state index contributed by atoms with van der Waals surface area (Å²) >= 11 is 0. The zero-order valence-corrected chi connectivity index (χ0v) is 16.9. The molecule has 0 N–H and O–H groups in total. The molecule has 5 rings (SSSR count). The van der Waals surface area contributed by atoms with E-state index in [1.54, 1.807) is 0 Å². The van der Waals surface area contributed by atoms with E-state index in [1.807, 2.05) is 48.5 Å². The van der Waals surface area contributed by atoms with E-state index >= 15 is 0 Å². The first kappa shape index (κ1) is 18.8. The minimum atomic E-state index is -0.153. The van der Waals surface area contributed by atoms with Crippen LogP contribution in [0.15, 0.2) is 84.9 Å². The van der Waals surface area contributed by atoms with Gasteiger partial charge in [0.1, 0.15) is 0 Å². The Labute approximate surface area is 176 Å². The number of carbonyl (C=O) groups is 2. The van der Waals surface area contributed by atoms with Crippen LogP contribution >= 0.6 is 0 Å². The van der Waals surface area contributed by atoms with Gasteiger partial charge in [-0.1, -0.05) is 90.5 Å². The van der Waals surface area contributed by atoms with Crippen molar-refractivity contribution in [2.24, 2.45) is 0 Å². The predicted octanol–water partition coefficient (Wildman–Crippen LogP) is 4.94. The van der Waals surface area contributed by atoms with E-state index in [1.165, 1.54) is 10.6 Å². The third kappa shape index (κ3) is 3.14. The van der Waals surface area contributed by atoms with Crippen LogP contribution in [0.1, 0.15) is 53.1 Å². The van der Waals surface area contributed by atoms with Gasteiger partial charge in [0.15, 0.2) is 0 Å². The van der Waals surface area contributed by atoms with Crippen molar-refractivity contribution in [1.82, 2.24) is 10.0 Å². The Bertz CT molecular complexity index is 1080. The summed E-state index contributed by atoms with van der Waals surface area (Å²) in [5, 5.41) is 3.47. The highest BCUT2D eigenvalue weighted by Crippen LogP contribution is 2.50. The van der Waals surface area contributed by atoms with Crippen molar-refractivity contribution in [1.29, 1.82) is 0 Å². The molecule has 4 heteroatoms. The van der Waals surface area contributed by atoms with Crippen molar-refractivity contribution in [3.63, 3.8) is 0 Å². The Morgan fingerprint density at radius 2 is 1.30 bits per heavy atom. The molecule has 2 aliphatic heterocycles. The number of hydrogen-bond donors (Lipinski definition) is 0. The molecule has 0 spiro atoms. The number of benzene rings is 3. The lowest BCUT2D eigenvalue weighted by molar-refractivity contribution is -0.170. The third-order valence-corrected chi connectivity index (χ3v) is 6.25. The molecule has 0 aromatic heterocycles. The van der Waals surface area contributed by atoms with Crippen molar-refractivity contribution < 1.29 is 9.59 Å². The topological polar surface area (TPSA) is 40.6 Å². The Balaban J connectivity index is 1.68. The Morgan fingerprint density at radius 1 is 0.700 bits per heavy atom. The Hall–Kier alpha value is -3.24. The number of amides is 2. The van der Waals surface area contributed by atoms with E-state index in [4.69, 9.17) is 0 Å². The van der Waals surface area contributed by atoms with Gasteiger partial charge in [-0.25, -0.2) is 5.01 Å². The number of fused-ring (bicyclic) bond motifs is 1. The zero-order valence-electron chi connectivity index (χ0n) is 16.9. The van der Waals surface area contributed by atoms with Crippen LogP contribution in [0.25, 0.3) is 0 Å². The maximum atomic E-state index is 13.2. The largest absolute Gasteiger partial charge is 0.273 e. The monoisotopic (exact) mass is 396 g/mol. The van der Waals surface area contributed by atoms with Gasteiger partial charge in [-0.2, -0.15) is 5.01 Å². The molecule has 0 unspecified atom stereocenters. The molecular formula is C26H24N2O2. The summed E-state index contributed by atoms with van der Waals surface area (Å²) in [5.74, 6) is -0.247. The second-order valence-electron chi connectivity index (χ2n) is 8.19. The molecule has 3 atom stereocenters.